The van der Waals surface area contributed by atoms with Crippen molar-refractivity contribution in [3.05, 3.63) is 54.2 Å². The SMILES string of the molecule is CN=C(NCc1cccc(OCC(=O)NC2CC2)c1)N1CCN(c2ccccn2)CC1.I. The molecule has 1 amide bonds. The summed E-state index contributed by atoms with van der Waals surface area (Å²) < 4.78 is 5.65. The lowest BCUT2D eigenvalue weighted by Gasteiger charge is -2.37. The average molecular weight is 550 g/mol. The number of ether oxygens (including phenoxy) is 1. The fourth-order valence-corrected chi connectivity index (χ4v) is 3.59. The molecule has 1 aliphatic carbocycles. The van der Waals surface area contributed by atoms with E-state index in [0.717, 1.165) is 56.4 Å². The summed E-state index contributed by atoms with van der Waals surface area (Å²) in [5, 5.41) is 6.37. The second kappa shape index (κ2) is 11.9. The van der Waals surface area contributed by atoms with Crippen molar-refractivity contribution in [2.75, 3.05) is 44.7 Å². The van der Waals surface area contributed by atoms with Crippen LogP contribution in [0.4, 0.5) is 5.82 Å². The Morgan fingerprint density at radius 3 is 2.66 bits per heavy atom. The maximum absolute atomic E-state index is 11.8. The number of piperazine rings is 1. The van der Waals surface area contributed by atoms with Gasteiger partial charge in [-0.1, -0.05) is 18.2 Å². The van der Waals surface area contributed by atoms with Gasteiger partial charge in [0.05, 0.1) is 0 Å². The lowest BCUT2D eigenvalue weighted by molar-refractivity contribution is -0.123. The molecule has 1 aliphatic heterocycles. The Morgan fingerprint density at radius 1 is 1.16 bits per heavy atom. The molecule has 8 nitrogen and oxygen atoms in total. The largest absolute Gasteiger partial charge is 0.484 e. The molecule has 0 bridgehead atoms. The molecule has 0 unspecified atom stereocenters. The number of rotatable bonds is 7. The van der Waals surface area contributed by atoms with Crippen molar-refractivity contribution in [3.63, 3.8) is 0 Å². The molecule has 0 spiro atoms. The molecule has 1 saturated carbocycles. The topological polar surface area (TPSA) is 82.1 Å². The van der Waals surface area contributed by atoms with Gasteiger partial charge in [-0.2, -0.15) is 0 Å². The van der Waals surface area contributed by atoms with E-state index in [9.17, 15) is 4.79 Å². The minimum atomic E-state index is -0.0590. The first-order chi connectivity index (χ1) is 15.2. The molecule has 1 aromatic carbocycles. The monoisotopic (exact) mass is 550 g/mol. The number of halogens is 1. The van der Waals surface area contributed by atoms with Crippen LogP contribution in [0.2, 0.25) is 0 Å². The van der Waals surface area contributed by atoms with E-state index in [2.05, 4.69) is 30.4 Å². The van der Waals surface area contributed by atoms with E-state index >= 15 is 0 Å². The van der Waals surface area contributed by atoms with Gasteiger partial charge in [0.15, 0.2) is 12.6 Å². The van der Waals surface area contributed by atoms with Crippen LogP contribution in [0.1, 0.15) is 18.4 Å². The molecule has 2 N–H and O–H groups in total. The second-order valence-corrected chi connectivity index (χ2v) is 7.84. The Morgan fingerprint density at radius 2 is 1.97 bits per heavy atom. The van der Waals surface area contributed by atoms with E-state index in [1.165, 1.54) is 0 Å². The summed E-state index contributed by atoms with van der Waals surface area (Å²) in [5.74, 6) is 2.55. The van der Waals surface area contributed by atoms with Crippen molar-refractivity contribution >= 4 is 41.7 Å². The Kier molecular flexibility index (Phi) is 8.95. The van der Waals surface area contributed by atoms with Crippen LogP contribution in [0.3, 0.4) is 0 Å². The number of nitrogens with zero attached hydrogens (tertiary/aromatic N) is 4. The number of guanidine groups is 1. The van der Waals surface area contributed by atoms with Crippen molar-refractivity contribution in [1.29, 1.82) is 0 Å². The Bertz CT molecular complexity index is 898. The number of benzene rings is 1. The minimum Gasteiger partial charge on any atom is -0.484 e. The molecular weight excluding hydrogens is 519 g/mol. The van der Waals surface area contributed by atoms with Gasteiger partial charge in [-0.3, -0.25) is 9.79 Å². The van der Waals surface area contributed by atoms with E-state index in [1.807, 2.05) is 55.7 Å². The van der Waals surface area contributed by atoms with Crippen LogP contribution in [-0.4, -0.2) is 67.6 Å². The molecule has 2 heterocycles. The second-order valence-electron chi connectivity index (χ2n) is 7.84. The Hall–Kier alpha value is -2.56. The number of pyridine rings is 1. The first kappa shape index (κ1) is 24.1. The summed E-state index contributed by atoms with van der Waals surface area (Å²) >= 11 is 0. The van der Waals surface area contributed by atoms with E-state index in [4.69, 9.17) is 4.74 Å². The van der Waals surface area contributed by atoms with Crippen LogP contribution < -0.4 is 20.3 Å². The zero-order chi connectivity index (χ0) is 21.5. The summed E-state index contributed by atoms with van der Waals surface area (Å²) in [6, 6.07) is 14.2. The average Bonchev–Trinajstić information content (AvgIpc) is 3.63. The highest BCUT2D eigenvalue weighted by Gasteiger charge is 2.23. The van der Waals surface area contributed by atoms with Crippen molar-refractivity contribution in [1.82, 2.24) is 20.5 Å². The number of aromatic nitrogens is 1. The summed E-state index contributed by atoms with van der Waals surface area (Å²) in [6.07, 6.45) is 3.98. The normalized spacial score (nSPS) is 16.2. The molecule has 0 atom stereocenters. The zero-order valence-corrected chi connectivity index (χ0v) is 20.7. The Balaban J connectivity index is 0.00000289. The van der Waals surface area contributed by atoms with Crippen molar-refractivity contribution in [2.24, 2.45) is 4.99 Å². The van der Waals surface area contributed by atoms with Crippen LogP contribution in [0, 0.1) is 0 Å². The van der Waals surface area contributed by atoms with E-state index in [1.54, 1.807) is 0 Å². The van der Waals surface area contributed by atoms with Gasteiger partial charge in [0, 0.05) is 52.0 Å². The predicted octanol–water partition coefficient (Wildman–Crippen LogP) is 2.25. The molecule has 172 valence electrons. The Labute approximate surface area is 206 Å². The third-order valence-electron chi connectivity index (χ3n) is 5.43. The molecular formula is C23H31IN6O2. The van der Waals surface area contributed by atoms with Crippen molar-refractivity contribution in [2.45, 2.75) is 25.4 Å². The smallest absolute Gasteiger partial charge is 0.258 e. The quantitative estimate of drug-likeness (QED) is 0.313. The number of carbonyl (C=O) groups excluding carboxylic acids is 1. The number of anilines is 1. The lowest BCUT2D eigenvalue weighted by atomic mass is 10.2. The van der Waals surface area contributed by atoms with Crippen molar-refractivity contribution < 1.29 is 9.53 Å². The van der Waals surface area contributed by atoms with Crippen LogP contribution in [0.15, 0.2) is 53.7 Å². The van der Waals surface area contributed by atoms with Crippen LogP contribution in [0.25, 0.3) is 0 Å². The number of carbonyl (C=O) groups is 1. The van der Waals surface area contributed by atoms with Gasteiger partial charge in [0.1, 0.15) is 11.6 Å². The molecule has 2 aliphatic rings. The van der Waals surface area contributed by atoms with Gasteiger partial charge in [0.2, 0.25) is 0 Å². The van der Waals surface area contributed by atoms with Gasteiger partial charge in [-0.25, -0.2) is 4.98 Å². The molecule has 32 heavy (non-hydrogen) atoms. The standard InChI is InChI=1S/C23H30N6O2.HI/c1-24-23(29-13-11-28(12-14-29)21-7-2-3-10-25-21)26-16-18-5-4-6-20(15-18)31-17-22(30)27-19-8-9-19;/h2-7,10,15,19H,8-9,11-14,16-17H2,1H3,(H,24,26)(H,27,30);1H. The first-order valence-electron chi connectivity index (χ1n) is 10.8. The number of aliphatic imine (C=N–C) groups is 1. The third kappa shape index (κ3) is 6.98. The zero-order valence-electron chi connectivity index (χ0n) is 18.4. The molecule has 1 aromatic heterocycles. The predicted molar refractivity (Wildman–Crippen MR) is 137 cm³/mol. The fraction of sp³-hybridized carbons (Fsp3) is 0.435. The maximum atomic E-state index is 11.8. The maximum Gasteiger partial charge on any atom is 0.258 e. The highest BCUT2D eigenvalue weighted by atomic mass is 127. The molecule has 4 rings (SSSR count). The summed E-state index contributed by atoms with van der Waals surface area (Å²) in [4.78, 5) is 25.3. The highest BCUT2D eigenvalue weighted by Crippen LogP contribution is 2.19. The van der Waals surface area contributed by atoms with Crippen LogP contribution in [-0.2, 0) is 11.3 Å². The minimum absolute atomic E-state index is 0. The third-order valence-corrected chi connectivity index (χ3v) is 5.43. The molecule has 2 aromatic rings. The van der Waals surface area contributed by atoms with Crippen molar-refractivity contribution in [3.8, 4) is 5.75 Å². The molecule has 2 fully saturated rings. The van der Waals surface area contributed by atoms with Crippen LogP contribution >= 0.6 is 24.0 Å². The van der Waals surface area contributed by atoms with Gasteiger partial charge in [-0.15, -0.1) is 24.0 Å². The molecule has 0 radical (unpaired) electrons. The summed E-state index contributed by atoms with van der Waals surface area (Å²) in [7, 11) is 1.81. The first-order valence-corrected chi connectivity index (χ1v) is 10.8. The fourth-order valence-electron chi connectivity index (χ4n) is 3.59. The molecule has 9 heteroatoms. The number of nitrogens with one attached hydrogen (secondary N) is 2. The van der Waals surface area contributed by atoms with Gasteiger partial charge in [-0.05, 0) is 42.7 Å². The van der Waals surface area contributed by atoms with E-state index in [0.29, 0.717) is 18.3 Å². The van der Waals surface area contributed by atoms with Gasteiger partial charge >= 0.3 is 0 Å². The lowest BCUT2D eigenvalue weighted by Crippen LogP contribution is -2.52. The molecule has 1 saturated heterocycles. The van der Waals surface area contributed by atoms with E-state index in [-0.39, 0.29) is 36.5 Å². The number of hydrogen-bond donors (Lipinski definition) is 2. The van der Waals surface area contributed by atoms with Gasteiger partial charge in [0.25, 0.3) is 5.91 Å². The van der Waals surface area contributed by atoms with E-state index < -0.39 is 0 Å². The highest BCUT2D eigenvalue weighted by molar-refractivity contribution is 14.0. The number of amides is 1. The summed E-state index contributed by atoms with van der Waals surface area (Å²) in [6.45, 7) is 4.27. The summed E-state index contributed by atoms with van der Waals surface area (Å²) in [5.41, 5.74) is 1.08. The van der Waals surface area contributed by atoms with Gasteiger partial charge < -0.3 is 25.2 Å². The number of hydrogen-bond acceptors (Lipinski definition) is 5. The van der Waals surface area contributed by atoms with Crippen LogP contribution in [0.5, 0.6) is 5.75 Å².